The minimum atomic E-state index is -4.64. The standard InChI is InChI=1S/C30H45N3O5S.C20H32N2O2.C13H17NO3.C7H15N.C2HF3O/c1-22-17-28(37-7)18-23(2)30(22)39(35,36)32(6)15-16-38-21-29(34)31(5)19-26-11-13-27(14-12-26)20-33-24(3)9-8-10-25(33)4;1-15-7-6-8-16(2)22(15)14-18-11-9-17(10-12-18)13-21-19(23)24-20(3,4)5;1-13(2,3)17-12(16)14-8-10-4-6-11(9-15)7-5-10;1-6-4-3-5-7(2)8-6;3-2(4,5)1-6/h11-14,17-18,24-25H,8-10,15-16,19-21H2,1-7H3;9-12,15-16H,6-8,13-14H2,1-5H3,(H,21,23);4-7,9H,8H2,1-3H3,(H,14,16);6-8H,3-5H2,1-2H3;1H/t24-,25+;15-,16+;;6-,7+;. The molecule has 3 amide bonds. The van der Waals surface area contributed by atoms with Gasteiger partial charge in [0, 0.05) is 95.2 Å². The van der Waals surface area contributed by atoms with Crippen molar-refractivity contribution in [2.45, 2.75) is 246 Å². The van der Waals surface area contributed by atoms with Gasteiger partial charge < -0.3 is 39.8 Å². The van der Waals surface area contributed by atoms with Gasteiger partial charge in [-0.25, -0.2) is 18.0 Å². The van der Waals surface area contributed by atoms with Crippen molar-refractivity contribution in [2.75, 3.05) is 41.0 Å². The van der Waals surface area contributed by atoms with Crippen LogP contribution in [0.5, 0.6) is 5.75 Å². The van der Waals surface area contributed by atoms with Crippen LogP contribution in [0.25, 0.3) is 0 Å². The fraction of sp³-hybridized carbons (Fsp3) is 0.597. The molecular formula is C72H110F3N7O11S. The fourth-order valence-electron chi connectivity index (χ4n) is 11.1. The van der Waals surface area contributed by atoms with Crippen molar-refractivity contribution in [2.24, 2.45) is 0 Å². The average Bonchev–Trinajstić information content (AvgIpc) is 0.795. The summed E-state index contributed by atoms with van der Waals surface area (Å²) < 4.78 is 79.9. The highest BCUT2D eigenvalue weighted by Gasteiger charge is 2.29. The normalized spacial score (nSPS) is 19.3. The third-order valence-electron chi connectivity index (χ3n) is 16.3. The molecule has 4 aromatic rings. The maximum absolute atomic E-state index is 13.1. The van der Waals surface area contributed by atoms with Crippen molar-refractivity contribution >= 4 is 40.7 Å². The van der Waals surface area contributed by atoms with Crippen molar-refractivity contribution in [3.63, 3.8) is 0 Å². The van der Waals surface area contributed by atoms with Crippen LogP contribution in [0.2, 0.25) is 0 Å². The number of methoxy groups -OCH3 is 1. The van der Waals surface area contributed by atoms with Gasteiger partial charge in [0.2, 0.25) is 22.2 Å². The molecule has 0 spiro atoms. The summed E-state index contributed by atoms with van der Waals surface area (Å²) in [7, 11) is 1.12. The third kappa shape index (κ3) is 31.4. The molecule has 3 fully saturated rings. The molecule has 7 rings (SSSR count). The molecule has 0 aromatic heterocycles. The number of alkyl halides is 3. The molecule has 3 aliphatic rings. The predicted molar refractivity (Wildman–Crippen MR) is 365 cm³/mol. The highest BCUT2D eigenvalue weighted by Crippen LogP contribution is 2.29. The van der Waals surface area contributed by atoms with E-state index in [-0.39, 0.29) is 36.7 Å². The largest absolute Gasteiger partial charge is 0.497 e. The van der Waals surface area contributed by atoms with Gasteiger partial charge in [-0.2, -0.15) is 17.5 Å². The lowest BCUT2D eigenvalue weighted by Crippen LogP contribution is -2.42. The average molecular weight is 1340 g/mol. The Balaban J connectivity index is 0.000000354. The van der Waals surface area contributed by atoms with Crippen LogP contribution in [0.3, 0.4) is 0 Å². The summed E-state index contributed by atoms with van der Waals surface area (Å²) in [4.78, 5) is 61.9. The number of hydrogen-bond donors (Lipinski definition) is 3. The second-order valence-electron chi connectivity index (χ2n) is 27.1. The lowest BCUT2D eigenvalue weighted by Gasteiger charge is -2.39. The number of benzene rings is 4. The molecule has 0 aliphatic carbocycles. The number of halogens is 3. The summed E-state index contributed by atoms with van der Waals surface area (Å²) in [6.07, 6.45) is 6.15. The number of nitrogens with one attached hydrogen (secondary N) is 3. The van der Waals surface area contributed by atoms with Crippen LogP contribution in [0.1, 0.15) is 190 Å². The van der Waals surface area contributed by atoms with Crippen molar-refractivity contribution in [1.82, 2.24) is 35.0 Å². The molecule has 3 N–H and O–H groups in total. The number of ether oxygens (including phenoxy) is 4. The summed E-state index contributed by atoms with van der Waals surface area (Å²) in [6.45, 7) is 31.8. The van der Waals surface area contributed by atoms with Gasteiger partial charge in [0.25, 0.3) is 0 Å². The minimum Gasteiger partial charge on any atom is -0.497 e. The Morgan fingerprint density at radius 3 is 1.34 bits per heavy atom. The number of aldehydes is 2. The van der Waals surface area contributed by atoms with Gasteiger partial charge in [-0.15, -0.1) is 0 Å². The molecule has 22 heteroatoms. The quantitative estimate of drug-likeness (QED) is 0.0590. The Bertz CT molecular complexity index is 3000. The first-order valence-corrected chi connectivity index (χ1v) is 34.2. The molecule has 3 aliphatic heterocycles. The van der Waals surface area contributed by atoms with Gasteiger partial charge in [-0.1, -0.05) is 92.1 Å². The van der Waals surface area contributed by atoms with Crippen LogP contribution >= 0.6 is 0 Å². The highest BCUT2D eigenvalue weighted by atomic mass is 32.2. The predicted octanol–water partition coefficient (Wildman–Crippen LogP) is 13.7. The number of carbonyl (C=O) groups excluding carboxylic acids is 5. The Labute approximate surface area is 559 Å². The molecule has 0 bridgehead atoms. The Morgan fingerprint density at radius 2 is 0.989 bits per heavy atom. The van der Waals surface area contributed by atoms with Gasteiger partial charge in [-0.05, 0) is 187 Å². The van der Waals surface area contributed by atoms with Crippen LogP contribution in [-0.4, -0.2) is 153 Å². The second-order valence-corrected chi connectivity index (χ2v) is 29.1. The van der Waals surface area contributed by atoms with Crippen molar-refractivity contribution in [3.05, 3.63) is 129 Å². The second kappa shape index (κ2) is 39.6. The highest BCUT2D eigenvalue weighted by molar-refractivity contribution is 7.89. The van der Waals surface area contributed by atoms with Crippen LogP contribution in [-0.2, 0) is 66.5 Å². The number of likely N-dealkylation sites (tertiary alicyclic amines) is 2. The number of sulfonamides is 1. The van der Waals surface area contributed by atoms with E-state index in [2.05, 4.69) is 116 Å². The number of amides is 3. The zero-order valence-corrected chi connectivity index (χ0v) is 59.9. The van der Waals surface area contributed by atoms with Crippen LogP contribution < -0.4 is 20.7 Å². The molecule has 94 heavy (non-hydrogen) atoms. The molecular weight excluding hydrogens is 1230 g/mol. The van der Waals surface area contributed by atoms with Gasteiger partial charge in [0.05, 0.1) is 18.6 Å². The molecule has 0 saturated carbocycles. The number of piperidine rings is 3. The van der Waals surface area contributed by atoms with Gasteiger partial charge in [-0.3, -0.25) is 24.2 Å². The maximum atomic E-state index is 13.1. The number of nitrogens with zero attached hydrogens (tertiary/aromatic N) is 4. The fourth-order valence-corrected chi connectivity index (χ4v) is 12.7. The first-order valence-electron chi connectivity index (χ1n) is 32.8. The zero-order chi connectivity index (χ0) is 70.6. The van der Waals surface area contributed by atoms with Crippen LogP contribution in [0, 0.1) is 13.8 Å². The number of rotatable bonds is 19. The smallest absolute Gasteiger partial charge is 0.446 e. The monoisotopic (exact) mass is 1340 g/mol. The van der Waals surface area contributed by atoms with Crippen molar-refractivity contribution < 1.29 is 64.5 Å². The van der Waals surface area contributed by atoms with E-state index >= 15 is 0 Å². The van der Waals surface area contributed by atoms with Gasteiger partial charge >= 0.3 is 18.4 Å². The third-order valence-corrected chi connectivity index (χ3v) is 18.4. The molecule has 3 saturated heterocycles. The summed E-state index contributed by atoms with van der Waals surface area (Å²) in [6, 6.07) is 31.5. The van der Waals surface area contributed by atoms with E-state index in [0.29, 0.717) is 66.2 Å². The van der Waals surface area contributed by atoms with Crippen LogP contribution in [0.15, 0.2) is 89.8 Å². The molecule has 0 radical (unpaired) electrons. The van der Waals surface area contributed by atoms with E-state index < -0.39 is 39.8 Å². The number of carbonyl (C=O) groups is 5. The Morgan fingerprint density at radius 1 is 0.617 bits per heavy atom. The number of likely N-dealkylation sites (N-methyl/N-ethyl adjacent to an activating group) is 2. The zero-order valence-electron chi connectivity index (χ0n) is 59.0. The summed E-state index contributed by atoms with van der Waals surface area (Å²) in [5, 5.41) is 8.92. The molecule has 526 valence electrons. The summed E-state index contributed by atoms with van der Waals surface area (Å²) >= 11 is 0. The molecule has 4 aromatic carbocycles. The Kier molecular flexibility index (Phi) is 34.4. The molecule has 6 atom stereocenters. The lowest BCUT2D eigenvalue weighted by atomic mass is 9.96. The van der Waals surface area contributed by atoms with Crippen LogP contribution in [0.4, 0.5) is 22.8 Å². The van der Waals surface area contributed by atoms with Gasteiger partial charge in [0.1, 0.15) is 29.8 Å². The maximum Gasteiger partial charge on any atom is 0.446 e. The summed E-state index contributed by atoms with van der Waals surface area (Å²) in [5.41, 5.74) is 6.59. The number of alkyl carbamates (subject to hydrolysis) is 2. The van der Waals surface area contributed by atoms with Crippen molar-refractivity contribution in [1.29, 1.82) is 0 Å². The van der Waals surface area contributed by atoms with E-state index in [9.17, 15) is 40.8 Å². The van der Waals surface area contributed by atoms with E-state index in [1.165, 1.54) is 80.3 Å². The van der Waals surface area contributed by atoms with E-state index in [0.717, 1.165) is 48.1 Å². The van der Waals surface area contributed by atoms with Gasteiger partial charge in [0.15, 0.2) is 0 Å². The Hall–Kier alpha value is -6.43. The molecule has 0 unspecified atom stereocenters. The number of aryl methyl sites for hydroxylation is 2. The minimum absolute atomic E-state index is 0.103. The topological polar surface area (TPSA) is 205 Å². The SMILES string of the molecule is CC(C)(C)OC(=O)NCc1ccc(C=O)cc1.COc1cc(C)c(S(=O)(=O)N(C)CCOCC(=O)N(C)Cc2ccc(CN3[C@H](C)CCC[C@@H]3C)cc2)c(C)c1.C[C@@H]1CCC[C@H](C)N1.C[C@@H]1CCC[C@H](C)N1Cc1ccc(CNC(=O)OC(C)(C)C)cc1.O=CC(F)(F)F. The van der Waals surface area contributed by atoms with Crippen molar-refractivity contribution in [3.8, 4) is 5.75 Å². The first kappa shape index (κ1) is 81.8. The lowest BCUT2D eigenvalue weighted by molar-refractivity contribution is -0.156. The van der Waals surface area contributed by atoms with E-state index in [1.807, 2.05) is 41.5 Å². The number of hydrogen-bond acceptors (Lipinski definition) is 14. The molecule has 18 nitrogen and oxygen atoms in total. The van der Waals surface area contributed by atoms with E-state index in [4.69, 9.17) is 23.7 Å². The summed E-state index contributed by atoms with van der Waals surface area (Å²) in [5.74, 6) is 0.470. The molecule has 3 heterocycles. The van der Waals surface area contributed by atoms with E-state index in [1.54, 1.807) is 69.3 Å². The first-order chi connectivity index (χ1) is 43.9.